The second-order valence-electron chi connectivity index (χ2n) is 7.75. The molecule has 2 aromatic rings. The van der Waals surface area contributed by atoms with E-state index in [1.807, 2.05) is 58.3 Å². The van der Waals surface area contributed by atoms with E-state index < -0.39 is 10.0 Å². The van der Waals surface area contributed by atoms with E-state index in [1.165, 1.54) is 17.7 Å². The minimum absolute atomic E-state index is 0.0293. The molecule has 2 N–H and O–H groups in total. The summed E-state index contributed by atoms with van der Waals surface area (Å²) in [4.78, 5) is 2.11. The van der Waals surface area contributed by atoms with E-state index in [0.29, 0.717) is 23.4 Å². The Bertz CT molecular complexity index is 1030. The number of benzene rings is 2. The van der Waals surface area contributed by atoms with Gasteiger partial charge in [-0.3, -0.25) is 0 Å². The highest BCUT2D eigenvalue weighted by Crippen LogP contribution is 2.30. The summed E-state index contributed by atoms with van der Waals surface area (Å²) < 4.78 is 28.3. The molecule has 0 aliphatic rings. The molecule has 2 rings (SSSR count). The topological polar surface area (TPSA) is 87.5 Å². The summed E-state index contributed by atoms with van der Waals surface area (Å²) in [5, 5.41) is 15.2. The maximum Gasteiger partial charge on any atom is 0.241 e. The molecule has 0 radical (unpaired) electrons. The largest absolute Gasteiger partial charge is 0.619 e. The zero-order chi connectivity index (χ0) is 23.0. The molecule has 0 saturated heterocycles. The molecule has 0 spiro atoms. The van der Waals surface area contributed by atoms with Crippen LogP contribution in [0.5, 0.6) is 0 Å². The van der Waals surface area contributed by atoms with Crippen LogP contribution in [0.15, 0.2) is 59.0 Å². The average molecular weight is 445 g/mol. The van der Waals surface area contributed by atoms with Gasteiger partial charge >= 0.3 is 0 Å². The van der Waals surface area contributed by atoms with Crippen molar-refractivity contribution in [1.29, 1.82) is 0 Å². The van der Waals surface area contributed by atoms with Crippen LogP contribution in [0.3, 0.4) is 0 Å². The van der Waals surface area contributed by atoms with Crippen LogP contribution < -0.4 is 10.0 Å². The van der Waals surface area contributed by atoms with Gasteiger partial charge < -0.3 is 15.4 Å². The average Bonchev–Trinajstić information content (AvgIpc) is 2.72. The SMILES string of the molecule is C=[N+]([O-])c1cc(S(=O)(=O)NCCCC(C)=CC)ccc1Nc1ccc(CN(C)C)cc1. The lowest BCUT2D eigenvalue weighted by atomic mass is 10.1. The number of nitrogens with zero attached hydrogens (tertiary/aromatic N) is 2. The van der Waals surface area contributed by atoms with E-state index in [9.17, 15) is 13.6 Å². The summed E-state index contributed by atoms with van der Waals surface area (Å²) in [6.45, 7) is 8.52. The van der Waals surface area contributed by atoms with Crippen molar-refractivity contribution in [3.05, 3.63) is 64.9 Å². The Morgan fingerprint density at radius 3 is 2.45 bits per heavy atom. The lowest BCUT2D eigenvalue weighted by molar-refractivity contribution is -0.349. The number of rotatable bonds is 11. The van der Waals surface area contributed by atoms with Crippen LogP contribution in [-0.2, 0) is 16.6 Å². The van der Waals surface area contributed by atoms with Crippen molar-refractivity contribution in [3.8, 4) is 0 Å². The standard InChI is InChI=1S/C23H32N4O3S/c1-6-18(2)8-7-15-24-31(29,30)21-13-14-22(23(16-21)27(5)28)25-20-11-9-19(10-12-20)17-26(3)4/h6,9-14,16,24-25H,5,7-8,15,17H2,1-4H3. The fourth-order valence-electron chi connectivity index (χ4n) is 3.01. The number of allylic oxidation sites excluding steroid dienone is 2. The lowest BCUT2D eigenvalue weighted by Crippen LogP contribution is -2.25. The monoisotopic (exact) mass is 444 g/mol. The van der Waals surface area contributed by atoms with Gasteiger partial charge in [-0.25, -0.2) is 13.1 Å². The van der Waals surface area contributed by atoms with Crippen LogP contribution in [0.25, 0.3) is 0 Å². The van der Waals surface area contributed by atoms with E-state index in [-0.39, 0.29) is 10.6 Å². The van der Waals surface area contributed by atoms with Crippen LogP contribution in [0, 0.1) is 5.21 Å². The van der Waals surface area contributed by atoms with Gasteiger partial charge in [-0.05, 0) is 70.6 Å². The van der Waals surface area contributed by atoms with Crippen LogP contribution in [-0.4, -0.2) is 45.4 Å². The highest BCUT2D eigenvalue weighted by Gasteiger charge is 2.19. The number of anilines is 2. The van der Waals surface area contributed by atoms with E-state index in [1.54, 1.807) is 6.07 Å². The van der Waals surface area contributed by atoms with E-state index >= 15 is 0 Å². The van der Waals surface area contributed by atoms with Gasteiger partial charge in [-0.2, -0.15) is 4.74 Å². The second-order valence-corrected chi connectivity index (χ2v) is 9.52. The maximum atomic E-state index is 12.6. The molecular weight excluding hydrogens is 412 g/mol. The van der Waals surface area contributed by atoms with Gasteiger partial charge in [0.2, 0.25) is 15.7 Å². The molecule has 0 aliphatic carbocycles. The van der Waals surface area contributed by atoms with Crippen molar-refractivity contribution in [3.63, 3.8) is 0 Å². The van der Waals surface area contributed by atoms with Crippen molar-refractivity contribution < 1.29 is 13.2 Å². The molecular formula is C23H32N4O3S. The summed E-state index contributed by atoms with van der Waals surface area (Å²) in [6, 6.07) is 12.2. The van der Waals surface area contributed by atoms with Crippen molar-refractivity contribution in [1.82, 2.24) is 9.62 Å². The third kappa shape index (κ3) is 7.50. The van der Waals surface area contributed by atoms with Crippen molar-refractivity contribution in [2.24, 2.45) is 0 Å². The van der Waals surface area contributed by atoms with E-state index in [0.717, 1.165) is 24.2 Å². The van der Waals surface area contributed by atoms with Crippen molar-refractivity contribution in [2.75, 3.05) is 26.0 Å². The predicted molar refractivity (Wildman–Crippen MR) is 128 cm³/mol. The smallest absolute Gasteiger partial charge is 0.241 e. The molecule has 31 heavy (non-hydrogen) atoms. The van der Waals surface area contributed by atoms with Gasteiger partial charge in [0.05, 0.1) is 4.90 Å². The first-order chi connectivity index (χ1) is 14.6. The summed E-state index contributed by atoms with van der Waals surface area (Å²) >= 11 is 0. The molecule has 8 heteroatoms. The molecule has 0 atom stereocenters. The second kappa shape index (κ2) is 11.1. The van der Waals surface area contributed by atoms with Gasteiger partial charge in [-0.1, -0.05) is 23.8 Å². The first-order valence-corrected chi connectivity index (χ1v) is 11.6. The molecule has 0 unspecified atom stereocenters. The van der Waals surface area contributed by atoms with Crippen LogP contribution in [0.4, 0.5) is 17.1 Å². The summed E-state index contributed by atoms with van der Waals surface area (Å²) in [5.41, 5.74) is 3.79. The molecule has 168 valence electrons. The predicted octanol–water partition coefficient (Wildman–Crippen LogP) is 4.36. The van der Waals surface area contributed by atoms with E-state index in [2.05, 4.69) is 21.7 Å². The summed E-state index contributed by atoms with van der Waals surface area (Å²) in [7, 11) is 0.284. The molecule has 0 saturated carbocycles. The molecule has 0 bridgehead atoms. The molecule has 0 aromatic heterocycles. The number of sulfonamides is 1. The fourth-order valence-corrected chi connectivity index (χ4v) is 4.10. The third-order valence-corrected chi connectivity index (χ3v) is 6.27. The van der Waals surface area contributed by atoms with Crippen LogP contribution in [0.1, 0.15) is 32.3 Å². The Morgan fingerprint density at radius 1 is 1.19 bits per heavy atom. The highest BCUT2D eigenvalue weighted by molar-refractivity contribution is 7.89. The Kier molecular flexibility index (Phi) is 8.79. The highest BCUT2D eigenvalue weighted by atomic mass is 32.2. The minimum Gasteiger partial charge on any atom is -0.619 e. The van der Waals surface area contributed by atoms with Crippen molar-refractivity contribution >= 4 is 33.8 Å². The zero-order valence-electron chi connectivity index (χ0n) is 18.7. The quantitative estimate of drug-likeness (QED) is 0.134. The normalized spacial score (nSPS) is 12.2. The number of nitrogens with one attached hydrogen (secondary N) is 2. The molecule has 0 fully saturated rings. The first-order valence-electron chi connectivity index (χ1n) is 10.2. The third-order valence-electron chi connectivity index (χ3n) is 4.81. The zero-order valence-corrected chi connectivity index (χ0v) is 19.5. The van der Waals surface area contributed by atoms with Gasteiger partial charge in [0, 0.05) is 24.8 Å². The molecule has 0 amide bonds. The van der Waals surface area contributed by atoms with Gasteiger partial charge in [0.25, 0.3) is 0 Å². The van der Waals surface area contributed by atoms with E-state index in [4.69, 9.17) is 0 Å². The van der Waals surface area contributed by atoms with Crippen molar-refractivity contribution in [2.45, 2.75) is 38.1 Å². The molecule has 7 nitrogen and oxygen atoms in total. The Balaban J connectivity index is 2.16. The lowest BCUT2D eigenvalue weighted by Gasteiger charge is -2.14. The molecule has 0 heterocycles. The van der Waals surface area contributed by atoms with Gasteiger partial charge in [0.1, 0.15) is 12.4 Å². The number of hydrogen-bond donors (Lipinski definition) is 2. The minimum atomic E-state index is -3.72. The van der Waals surface area contributed by atoms with Gasteiger partial charge in [0.15, 0.2) is 0 Å². The van der Waals surface area contributed by atoms with Crippen LogP contribution >= 0.6 is 0 Å². The Hall–Kier alpha value is -2.68. The maximum absolute atomic E-state index is 12.6. The Morgan fingerprint density at radius 2 is 1.87 bits per heavy atom. The fraction of sp³-hybridized carbons (Fsp3) is 0.348. The first kappa shape index (κ1) is 24.6. The molecule has 0 aliphatic heterocycles. The summed E-state index contributed by atoms with van der Waals surface area (Å²) in [5.74, 6) is 0. The molecule has 2 aromatic carbocycles. The van der Waals surface area contributed by atoms with Gasteiger partial charge in [-0.15, -0.1) is 0 Å². The Labute approximate surface area is 185 Å². The summed E-state index contributed by atoms with van der Waals surface area (Å²) in [6.07, 6.45) is 3.54. The number of hydrogen-bond acceptors (Lipinski definition) is 5. The van der Waals surface area contributed by atoms with Crippen LogP contribution in [0.2, 0.25) is 0 Å².